The molecule has 1 unspecified atom stereocenters. The van der Waals surface area contributed by atoms with E-state index >= 15 is 4.57 Å². The lowest BCUT2D eigenvalue weighted by Gasteiger charge is -2.38. The standard InChI is InChI=1S/C39H39OPSi/c1-27(2)42(28(3)4,29(5)6)25-24-37-38(33-21-20-30-14-10-11-16-32(30)26-33)36-23-22-31-15-12-13-19-35(31)39(36)41(37,40)34-17-8-7-9-18-34/h7-23,26-29H,1-6H3. The minimum atomic E-state index is -3.30. The Balaban J connectivity index is 1.77. The summed E-state index contributed by atoms with van der Waals surface area (Å²) in [5.74, 6) is 3.79. The largest absolute Gasteiger partial charge is 0.308 e. The van der Waals surface area contributed by atoms with Gasteiger partial charge in [0.25, 0.3) is 0 Å². The van der Waals surface area contributed by atoms with Crippen LogP contribution < -0.4 is 10.6 Å². The Bertz CT molecular complexity index is 1930. The Morgan fingerprint density at radius 3 is 1.86 bits per heavy atom. The summed E-state index contributed by atoms with van der Waals surface area (Å²) in [7, 11) is -5.40. The molecule has 0 fully saturated rings. The van der Waals surface area contributed by atoms with Gasteiger partial charge in [-0.1, -0.05) is 151 Å². The number of allylic oxidation sites excluding steroid dienone is 1. The van der Waals surface area contributed by atoms with Crippen molar-refractivity contribution in [3.8, 4) is 11.5 Å². The summed E-state index contributed by atoms with van der Waals surface area (Å²) < 4.78 is 16.1. The quantitative estimate of drug-likeness (QED) is 0.114. The zero-order chi connectivity index (χ0) is 29.6. The molecule has 1 atom stereocenters. The third-order valence-corrected chi connectivity index (χ3v) is 18.9. The fourth-order valence-corrected chi connectivity index (χ4v) is 16.0. The Kier molecular flexibility index (Phi) is 7.39. The monoisotopic (exact) mass is 582 g/mol. The Morgan fingerprint density at radius 2 is 1.19 bits per heavy atom. The molecule has 1 aliphatic heterocycles. The van der Waals surface area contributed by atoms with Gasteiger partial charge < -0.3 is 4.57 Å². The first-order valence-corrected chi connectivity index (χ1v) is 19.1. The van der Waals surface area contributed by atoms with Crippen LogP contribution in [0.15, 0.2) is 115 Å². The lowest BCUT2D eigenvalue weighted by Crippen LogP contribution is -2.43. The summed E-state index contributed by atoms with van der Waals surface area (Å²) in [6, 6.07) is 37.9. The highest BCUT2D eigenvalue weighted by Gasteiger charge is 2.45. The van der Waals surface area contributed by atoms with Gasteiger partial charge in [-0.25, -0.2) is 0 Å². The van der Waals surface area contributed by atoms with Crippen LogP contribution in [0.5, 0.6) is 0 Å². The Hall–Kier alpha value is -3.63. The van der Waals surface area contributed by atoms with E-state index in [1.165, 1.54) is 10.8 Å². The maximum absolute atomic E-state index is 16.1. The molecule has 0 bridgehead atoms. The molecule has 6 rings (SSSR count). The number of rotatable bonds is 5. The average molecular weight is 583 g/mol. The van der Waals surface area contributed by atoms with E-state index in [0.717, 1.165) is 43.4 Å². The van der Waals surface area contributed by atoms with E-state index in [-0.39, 0.29) is 0 Å². The highest BCUT2D eigenvalue weighted by Crippen LogP contribution is 2.62. The summed E-state index contributed by atoms with van der Waals surface area (Å²) >= 11 is 0. The molecule has 0 aliphatic carbocycles. The van der Waals surface area contributed by atoms with Gasteiger partial charge in [0.2, 0.25) is 0 Å². The summed E-state index contributed by atoms with van der Waals surface area (Å²) in [6.45, 7) is 14.0. The van der Waals surface area contributed by atoms with E-state index in [1.54, 1.807) is 0 Å². The lowest BCUT2D eigenvalue weighted by atomic mass is 9.94. The van der Waals surface area contributed by atoms with Gasteiger partial charge in [0, 0.05) is 16.2 Å². The zero-order valence-corrected chi connectivity index (χ0v) is 27.4. The summed E-state index contributed by atoms with van der Waals surface area (Å²) in [4.78, 5) is 0. The molecule has 1 aliphatic rings. The van der Waals surface area contributed by atoms with Crippen molar-refractivity contribution in [3.05, 3.63) is 126 Å². The molecule has 0 saturated carbocycles. The smallest absolute Gasteiger partial charge is 0.180 e. The maximum atomic E-state index is 16.1. The first kappa shape index (κ1) is 28.5. The van der Waals surface area contributed by atoms with Crippen molar-refractivity contribution in [1.29, 1.82) is 0 Å². The van der Waals surface area contributed by atoms with Gasteiger partial charge in [0.15, 0.2) is 7.14 Å². The molecule has 5 aromatic rings. The van der Waals surface area contributed by atoms with Gasteiger partial charge in [0.1, 0.15) is 8.07 Å². The van der Waals surface area contributed by atoms with Crippen molar-refractivity contribution < 1.29 is 4.57 Å². The molecular formula is C39H39OPSi. The average Bonchev–Trinajstić information content (AvgIpc) is 3.26. The Morgan fingerprint density at radius 1 is 0.619 bits per heavy atom. The summed E-state index contributed by atoms with van der Waals surface area (Å²) in [5.41, 5.74) is 8.58. The van der Waals surface area contributed by atoms with Crippen LogP contribution >= 0.6 is 7.14 Å². The number of fused-ring (bicyclic) bond motifs is 4. The van der Waals surface area contributed by atoms with Crippen LogP contribution in [0, 0.1) is 11.5 Å². The lowest BCUT2D eigenvalue weighted by molar-refractivity contribution is 0.592. The second-order valence-corrected chi connectivity index (χ2v) is 20.8. The van der Waals surface area contributed by atoms with Gasteiger partial charge in [-0.2, -0.15) is 0 Å². The SMILES string of the molecule is CC(C)[Si](C#CC1=C(c2ccc3ccccc3c2)c2ccc3ccccc3c2P1(=O)c1ccccc1)(C(C)C)C(C)C. The predicted molar refractivity (Wildman–Crippen MR) is 186 cm³/mol. The van der Waals surface area contributed by atoms with Gasteiger partial charge in [-0.05, 0) is 55.4 Å². The van der Waals surface area contributed by atoms with Crippen molar-refractivity contribution >= 4 is 52.9 Å². The van der Waals surface area contributed by atoms with Crippen LogP contribution in [0.4, 0.5) is 0 Å². The molecule has 1 heterocycles. The van der Waals surface area contributed by atoms with Gasteiger partial charge in [-0.15, -0.1) is 5.54 Å². The second kappa shape index (κ2) is 10.9. The van der Waals surface area contributed by atoms with Crippen LogP contribution in [0.1, 0.15) is 52.7 Å². The number of hydrogen-bond donors (Lipinski definition) is 0. The van der Waals surface area contributed by atoms with Gasteiger partial charge in [-0.3, -0.25) is 0 Å². The minimum Gasteiger partial charge on any atom is -0.308 e. The van der Waals surface area contributed by atoms with Crippen molar-refractivity contribution in [3.63, 3.8) is 0 Å². The Labute approximate surface area is 252 Å². The molecule has 0 spiro atoms. The number of benzene rings is 5. The molecule has 42 heavy (non-hydrogen) atoms. The first-order chi connectivity index (χ1) is 20.2. The summed E-state index contributed by atoms with van der Waals surface area (Å²) in [6.07, 6.45) is 0. The van der Waals surface area contributed by atoms with E-state index in [4.69, 9.17) is 0 Å². The zero-order valence-electron chi connectivity index (χ0n) is 25.5. The van der Waals surface area contributed by atoms with Crippen LogP contribution in [-0.4, -0.2) is 8.07 Å². The van der Waals surface area contributed by atoms with Crippen molar-refractivity contribution in [2.45, 2.75) is 58.2 Å². The molecular weight excluding hydrogens is 543 g/mol. The molecule has 0 aromatic heterocycles. The van der Waals surface area contributed by atoms with E-state index in [9.17, 15) is 0 Å². The summed E-state index contributed by atoms with van der Waals surface area (Å²) in [5, 5.41) is 7.12. The highest BCUT2D eigenvalue weighted by atomic mass is 31.2. The van der Waals surface area contributed by atoms with Gasteiger partial charge in [0.05, 0.1) is 5.31 Å². The molecule has 5 aromatic carbocycles. The van der Waals surface area contributed by atoms with E-state index in [2.05, 4.69) is 132 Å². The van der Waals surface area contributed by atoms with Crippen molar-refractivity contribution in [2.24, 2.45) is 0 Å². The van der Waals surface area contributed by atoms with Crippen LogP contribution in [0.25, 0.3) is 27.1 Å². The third-order valence-electron chi connectivity index (χ3n) is 9.46. The molecule has 1 nitrogen and oxygen atoms in total. The van der Waals surface area contributed by atoms with E-state index in [0.29, 0.717) is 16.6 Å². The first-order valence-electron chi connectivity index (χ1n) is 15.1. The predicted octanol–water partition coefficient (Wildman–Crippen LogP) is 10.3. The van der Waals surface area contributed by atoms with Crippen molar-refractivity contribution in [1.82, 2.24) is 0 Å². The van der Waals surface area contributed by atoms with Crippen LogP contribution in [0.2, 0.25) is 16.6 Å². The normalized spacial score (nSPS) is 16.9. The van der Waals surface area contributed by atoms with E-state index in [1.807, 2.05) is 30.3 Å². The molecule has 0 amide bonds. The molecule has 3 heteroatoms. The third kappa shape index (κ3) is 4.34. The topological polar surface area (TPSA) is 17.1 Å². The molecule has 0 saturated heterocycles. The number of hydrogen-bond acceptors (Lipinski definition) is 1. The second-order valence-electron chi connectivity index (χ2n) is 12.6. The van der Waals surface area contributed by atoms with E-state index < -0.39 is 15.2 Å². The van der Waals surface area contributed by atoms with Crippen LogP contribution in [-0.2, 0) is 4.57 Å². The van der Waals surface area contributed by atoms with Crippen LogP contribution in [0.3, 0.4) is 0 Å². The molecule has 210 valence electrons. The fourth-order valence-electron chi connectivity index (χ4n) is 7.47. The highest BCUT2D eigenvalue weighted by molar-refractivity contribution is 7.84. The fraction of sp³-hybridized carbons (Fsp3) is 0.231. The minimum absolute atomic E-state index is 0.482. The maximum Gasteiger partial charge on any atom is 0.180 e. The molecule has 0 N–H and O–H groups in total. The molecule has 0 radical (unpaired) electrons. The van der Waals surface area contributed by atoms with Gasteiger partial charge >= 0.3 is 0 Å². The van der Waals surface area contributed by atoms with Crippen molar-refractivity contribution in [2.75, 3.05) is 0 Å².